The summed E-state index contributed by atoms with van der Waals surface area (Å²) >= 11 is 5.92. The molecule has 0 aliphatic carbocycles. The predicted octanol–water partition coefficient (Wildman–Crippen LogP) is 3.80. The summed E-state index contributed by atoms with van der Waals surface area (Å²) < 4.78 is 11.1. The smallest absolute Gasteiger partial charge is 0.122 e. The van der Waals surface area contributed by atoms with Crippen LogP contribution in [-0.4, -0.2) is 12.6 Å². The van der Waals surface area contributed by atoms with Crippen molar-refractivity contribution in [1.82, 2.24) is 5.32 Å². The van der Waals surface area contributed by atoms with Crippen molar-refractivity contribution in [2.24, 2.45) is 0 Å². The predicted molar refractivity (Wildman–Crippen MR) is 76.7 cm³/mol. The highest BCUT2D eigenvalue weighted by Gasteiger charge is 2.07. The first-order chi connectivity index (χ1) is 9.15. The molecule has 1 aromatic heterocycles. The molecule has 2 rings (SSSR count). The van der Waals surface area contributed by atoms with Crippen LogP contribution in [0.15, 0.2) is 41.0 Å². The van der Waals surface area contributed by atoms with Crippen LogP contribution < -0.4 is 10.1 Å². The van der Waals surface area contributed by atoms with Crippen molar-refractivity contribution in [2.45, 2.75) is 26.5 Å². The van der Waals surface area contributed by atoms with Crippen LogP contribution in [0.5, 0.6) is 5.75 Å². The zero-order chi connectivity index (χ0) is 13.7. The molecule has 1 N–H and O–H groups in total. The molecule has 3 nitrogen and oxygen atoms in total. The van der Waals surface area contributed by atoms with Gasteiger partial charge in [-0.3, -0.25) is 0 Å². The Balaban J connectivity index is 1.79. The molecule has 0 spiro atoms. The van der Waals surface area contributed by atoms with Crippen molar-refractivity contribution < 1.29 is 9.15 Å². The summed E-state index contributed by atoms with van der Waals surface area (Å²) in [7, 11) is 0. The molecular weight excluding hydrogens is 262 g/mol. The summed E-state index contributed by atoms with van der Waals surface area (Å²) in [6, 6.07) is 9.48. The van der Waals surface area contributed by atoms with Gasteiger partial charge in [-0.25, -0.2) is 0 Å². The van der Waals surface area contributed by atoms with Crippen LogP contribution in [-0.2, 0) is 6.54 Å². The fourth-order valence-corrected chi connectivity index (χ4v) is 2.04. The first-order valence-electron chi connectivity index (χ1n) is 6.31. The Morgan fingerprint density at radius 3 is 2.89 bits per heavy atom. The first kappa shape index (κ1) is 14.0. The monoisotopic (exact) mass is 279 g/mol. The lowest BCUT2D eigenvalue weighted by Crippen LogP contribution is -2.28. The van der Waals surface area contributed by atoms with E-state index in [0.717, 1.165) is 28.6 Å². The first-order valence-corrected chi connectivity index (χ1v) is 6.69. The van der Waals surface area contributed by atoms with Crippen LogP contribution >= 0.6 is 11.6 Å². The highest BCUT2D eigenvalue weighted by atomic mass is 35.5. The molecule has 0 saturated heterocycles. The Labute approximate surface area is 118 Å². The number of hydrogen-bond donors (Lipinski definition) is 1. The summed E-state index contributed by atoms with van der Waals surface area (Å²) in [6.07, 6.45) is 1.75. The second-order valence-electron chi connectivity index (χ2n) is 4.55. The molecule has 0 bridgehead atoms. The van der Waals surface area contributed by atoms with Gasteiger partial charge >= 0.3 is 0 Å². The Morgan fingerprint density at radius 1 is 1.37 bits per heavy atom. The SMILES string of the molecule is Cc1cc(Cl)ccc1OC(C)CNCc1ccco1. The van der Waals surface area contributed by atoms with Gasteiger partial charge in [-0.15, -0.1) is 0 Å². The minimum Gasteiger partial charge on any atom is -0.489 e. The van der Waals surface area contributed by atoms with Crippen LogP contribution in [0.1, 0.15) is 18.2 Å². The van der Waals surface area contributed by atoms with E-state index in [0.29, 0.717) is 6.54 Å². The number of halogens is 1. The summed E-state index contributed by atoms with van der Waals surface area (Å²) in [5, 5.41) is 4.02. The minimum absolute atomic E-state index is 0.0786. The summed E-state index contributed by atoms with van der Waals surface area (Å²) in [5.41, 5.74) is 1.05. The van der Waals surface area contributed by atoms with Gasteiger partial charge in [0.25, 0.3) is 0 Å². The van der Waals surface area contributed by atoms with E-state index < -0.39 is 0 Å². The van der Waals surface area contributed by atoms with E-state index in [1.807, 2.05) is 44.2 Å². The standard InChI is InChI=1S/C15H18ClNO2/c1-11-8-13(16)5-6-15(11)19-12(2)9-17-10-14-4-3-7-18-14/h3-8,12,17H,9-10H2,1-2H3. The van der Waals surface area contributed by atoms with Crippen LogP contribution in [0, 0.1) is 6.92 Å². The molecule has 0 fully saturated rings. The van der Waals surface area contributed by atoms with Gasteiger partial charge in [0.05, 0.1) is 12.8 Å². The normalized spacial score (nSPS) is 12.4. The summed E-state index contributed by atoms with van der Waals surface area (Å²) in [5.74, 6) is 1.80. The third kappa shape index (κ3) is 4.30. The third-order valence-corrected chi connectivity index (χ3v) is 3.01. The third-order valence-electron chi connectivity index (χ3n) is 2.78. The Morgan fingerprint density at radius 2 is 2.21 bits per heavy atom. The Hall–Kier alpha value is -1.45. The number of ether oxygens (including phenoxy) is 1. The van der Waals surface area contributed by atoms with Crippen molar-refractivity contribution in [3.8, 4) is 5.75 Å². The molecule has 0 aliphatic heterocycles. The lowest BCUT2D eigenvalue weighted by molar-refractivity contribution is 0.214. The van der Waals surface area contributed by atoms with E-state index in [1.165, 1.54) is 0 Å². The number of furan rings is 1. The van der Waals surface area contributed by atoms with Gasteiger partial charge < -0.3 is 14.5 Å². The molecule has 1 aromatic carbocycles. The second-order valence-corrected chi connectivity index (χ2v) is 4.98. The van der Waals surface area contributed by atoms with Gasteiger partial charge in [0.2, 0.25) is 0 Å². The topological polar surface area (TPSA) is 34.4 Å². The minimum atomic E-state index is 0.0786. The average Bonchev–Trinajstić information content (AvgIpc) is 2.86. The average molecular weight is 280 g/mol. The quantitative estimate of drug-likeness (QED) is 0.873. The number of rotatable bonds is 6. The molecule has 1 unspecified atom stereocenters. The molecule has 19 heavy (non-hydrogen) atoms. The Bertz CT molecular complexity index is 511. The maximum atomic E-state index is 5.92. The number of aryl methyl sites for hydroxylation is 1. The molecular formula is C15H18ClNO2. The van der Waals surface area contributed by atoms with Crippen molar-refractivity contribution in [3.05, 3.63) is 52.9 Å². The maximum Gasteiger partial charge on any atom is 0.122 e. The van der Waals surface area contributed by atoms with E-state index in [4.69, 9.17) is 20.8 Å². The van der Waals surface area contributed by atoms with Crippen LogP contribution in [0.2, 0.25) is 5.02 Å². The van der Waals surface area contributed by atoms with Gasteiger partial charge in [-0.1, -0.05) is 11.6 Å². The van der Waals surface area contributed by atoms with Crippen molar-refractivity contribution >= 4 is 11.6 Å². The molecule has 4 heteroatoms. The number of benzene rings is 1. The van der Waals surface area contributed by atoms with Gasteiger partial charge in [0.15, 0.2) is 0 Å². The van der Waals surface area contributed by atoms with Crippen molar-refractivity contribution in [1.29, 1.82) is 0 Å². The highest BCUT2D eigenvalue weighted by Crippen LogP contribution is 2.22. The summed E-state index contributed by atoms with van der Waals surface area (Å²) in [4.78, 5) is 0. The molecule has 102 valence electrons. The largest absolute Gasteiger partial charge is 0.489 e. The molecule has 0 amide bonds. The fourth-order valence-electron chi connectivity index (χ4n) is 1.82. The second kappa shape index (κ2) is 6.64. The lowest BCUT2D eigenvalue weighted by Gasteiger charge is -2.16. The van der Waals surface area contributed by atoms with E-state index in [1.54, 1.807) is 6.26 Å². The van der Waals surface area contributed by atoms with Crippen LogP contribution in [0.3, 0.4) is 0 Å². The molecule has 2 aromatic rings. The zero-order valence-corrected chi connectivity index (χ0v) is 11.9. The van der Waals surface area contributed by atoms with Gasteiger partial charge in [0, 0.05) is 11.6 Å². The van der Waals surface area contributed by atoms with Crippen molar-refractivity contribution in [3.63, 3.8) is 0 Å². The number of nitrogens with one attached hydrogen (secondary N) is 1. The zero-order valence-electron chi connectivity index (χ0n) is 11.2. The molecule has 1 atom stereocenters. The van der Waals surface area contributed by atoms with Gasteiger partial charge in [-0.05, 0) is 49.7 Å². The maximum absolute atomic E-state index is 5.92. The molecule has 0 saturated carbocycles. The molecule has 1 heterocycles. The van der Waals surface area contributed by atoms with Gasteiger partial charge in [-0.2, -0.15) is 0 Å². The highest BCUT2D eigenvalue weighted by molar-refractivity contribution is 6.30. The van der Waals surface area contributed by atoms with E-state index in [9.17, 15) is 0 Å². The fraction of sp³-hybridized carbons (Fsp3) is 0.333. The van der Waals surface area contributed by atoms with E-state index >= 15 is 0 Å². The van der Waals surface area contributed by atoms with Crippen LogP contribution in [0.4, 0.5) is 0 Å². The van der Waals surface area contributed by atoms with Gasteiger partial charge in [0.1, 0.15) is 17.6 Å². The summed E-state index contributed by atoms with van der Waals surface area (Å²) in [6.45, 7) is 5.48. The van der Waals surface area contributed by atoms with E-state index in [-0.39, 0.29) is 6.10 Å². The number of hydrogen-bond acceptors (Lipinski definition) is 3. The molecule has 0 aliphatic rings. The molecule has 0 radical (unpaired) electrons. The van der Waals surface area contributed by atoms with Crippen molar-refractivity contribution in [2.75, 3.05) is 6.54 Å². The van der Waals surface area contributed by atoms with E-state index in [2.05, 4.69) is 5.32 Å². The lowest BCUT2D eigenvalue weighted by atomic mass is 10.2. The Kier molecular flexibility index (Phi) is 4.88. The van der Waals surface area contributed by atoms with Crippen LogP contribution in [0.25, 0.3) is 0 Å².